The quantitative estimate of drug-likeness (QED) is 0.652. The minimum Gasteiger partial charge on any atom is -0.350 e. The summed E-state index contributed by atoms with van der Waals surface area (Å²) in [6.07, 6.45) is 1.80. The fourth-order valence-corrected chi connectivity index (χ4v) is 4.48. The SMILES string of the molecule is Cc1cc(C)c([C@H](C)NC(=O)CCCN(c2cccc(Cl)c2)S(C)(=O)=O)cc1C. The number of nitrogens with zero attached hydrogens (tertiary/aromatic N) is 1. The van der Waals surface area contributed by atoms with Crippen molar-refractivity contribution in [1.29, 1.82) is 0 Å². The fourth-order valence-electron chi connectivity index (χ4n) is 3.34. The molecule has 0 saturated carbocycles. The number of benzene rings is 2. The molecule has 158 valence electrons. The Morgan fingerprint density at radius 1 is 1.10 bits per heavy atom. The molecule has 0 saturated heterocycles. The summed E-state index contributed by atoms with van der Waals surface area (Å²) in [5, 5.41) is 3.48. The summed E-state index contributed by atoms with van der Waals surface area (Å²) in [5.41, 5.74) is 5.16. The van der Waals surface area contributed by atoms with Crippen molar-refractivity contribution < 1.29 is 13.2 Å². The van der Waals surface area contributed by atoms with Gasteiger partial charge in [-0.3, -0.25) is 9.10 Å². The van der Waals surface area contributed by atoms with Crippen molar-refractivity contribution in [3.63, 3.8) is 0 Å². The van der Waals surface area contributed by atoms with Crippen molar-refractivity contribution in [2.75, 3.05) is 17.1 Å². The van der Waals surface area contributed by atoms with E-state index < -0.39 is 10.0 Å². The number of aryl methyl sites for hydroxylation is 3. The first-order chi connectivity index (χ1) is 13.5. The number of amides is 1. The van der Waals surface area contributed by atoms with E-state index in [4.69, 9.17) is 11.6 Å². The van der Waals surface area contributed by atoms with Crippen LogP contribution in [0.4, 0.5) is 5.69 Å². The van der Waals surface area contributed by atoms with Crippen LogP contribution in [0.15, 0.2) is 36.4 Å². The van der Waals surface area contributed by atoms with Gasteiger partial charge in [-0.15, -0.1) is 0 Å². The monoisotopic (exact) mass is 436 g/mol. The number of sulfonamides is 1. The Bertz CT molecular complexity index is 990. The number of halogens is 1. The van der Waals surface area contributed by atoms with E-state index in [0.717, 1.165) is 17.4 Å². The molecule has 2 aromatic carbocycles. The van der Waals surface area contributed by atoms with Gasteiger partial charge in [-0.1, -0.05) is 29.8 Å². The molecule has 0 aliphatic carbocycles. The van der Waals surface area contributed by atoms with Crippen LogP contribution in [0.1, 0.15) is 48.1 Å². The Morgan fingerprint density at radius 3 is 2.38 bits per heavy atom. The van der Waals surface area contributed by atoms with Crippen molar-refractivity contribution in [3.8, 4) is 0 Å². The summed E-state index contributed by atoms with van der Waals surface area (Å²) in [5.74, 6) is -0.102. The first-order valence-corrected chi connectivity index (χ1v) is 11.8. The van der Waals surface area contributed by atoms with Crippen molar-refractivity contribution in [2.45, 2.75) is 46.6 Å². The lowest BCUT2D eigenvalue weighted by molar-refractivity contribution is -0.121. The average molecular weight is 437 g/mol. The summed E-state index contributed by atoms with van der Waals surface area (Å²) in [7, 11) is -3.47. The molecule has 0 bridgehead atoms. The van der Waals surface area contributed by atoms with Gasteiger partial charge >= 0.3 is 0 Å². The van der Waals surface area contributed by atoms with Crippen molar-refractivity contribution in [1.82, 2.24) is 5.32 Å². The van der Waals surface area contributed by atoms with Gasteiger partial charge in [0, 0.05) is 18.0 Å². The van der Waals surface area contributed by atoms with Crippen LogP contribution < -0.4 is 9.62 Å². The maximum atomic E-state index is 12.4. The number of nitrogens with one attached hydrogen (secondary N) is 1. The molecule has 0 aromatic heterocycles. The number of rotatable bonds is 8. The Labute approximate surface area is 179 Å². The van der Waals surface area contributed by atoms with Crippen molar-refractivity contribution in [2.24, 2.45) is 0 Å². The van der Waals surface area contributed by atoms with Gasteiger partial charge in [0.25, 0.3) is 0 Å². The molecule has 7 heteroatoms. The van der Waals surface area contributed by atoms with Crippen LogP contribution in [0.5, 0.6) is 0 Å². The smallest absolute Gasteiger partial charge is 0.232 e. The molecular formula is C22H29ClN2O3S. The Balaban J connectivity index is 1.98. The molecule has 0 aliphatic heterocycles. The topological polar surface area (TPSA) is 66.5 Å². The summed E-state index contributed by atoms with van der Waals surface area (Å²) in [4.78, 5) is 12.4. The number of carbonyl (C=O) groups is 1. The van der Waals surface area contributed by atoms with Crippen molar-refractivity contribution >= 4 is 33.2 Å². The molecule has 2 aromatic rings. The highest BCUT2D eigenvalue weighted by molar-refractivity contribution is 7.92. The molecule has 1 N–H and O–H groups in total. The normalized spacial score (nSPS) is 12.5. The zero-order valence-electron chi connectivity index (χ0n) is 17.6. The first kappa shape index (κ1) is 23.2. The third-order valence-corrected chi connectivity index (χ3v) is 6.42. The summed E-state index contributed by atoms with van der Waals surface area (Å²) in [6.45, 7) is 8.35. The van der Waals surface area contributed by atoms with Crippen LogP contribution in [0.2, 0.25) is 5.02 Å². The van der Waals surface area contributed by atoms with Crippen LogP contribution in [-0.4, -0.2) is 27.1 Å². The lowest BCUT2D eigenvalue weighted by Crippen LogP contribution is -2.32. The fraction of sp³-hybridized carbons (Fsp3) is 0.409. The predicted octanol–water partition coefficient (Wildman–Crippen LogP) is 4.69. The van der Waals surface area contributed by atoms with E-state index in [9.17, 15) is 13.2 Å². The highest BCUT2D eigenvalue weighted by Gasteiger charge is 2.18. The number of hydrogen-bond donors (Lipinski definition) is 1. The maximum Gasteiger partial charge on any atom is 0.232 e. The Hall–Kier alpha value is -2.05. The van der Waals surface area contributed by atoms with Gasteiger partial charge < -0.3 is 5.32 Å². The van der Waals surface area contributed by atoms with E-state index in [1.54, 1.807) is 24.3 Å². The van der Waals surface area contributed by atoms with Gasteiger partial charge in [0.1, 0.15) is 0 Å². The zero-order valence-corrected chi connectivity index (χ0v) is 19.2. The summed E-state index contributed by atoms with van der Waals surface area (Å²) >= 11 is 5.99. The minimum absolute atomic E-state index is 0.102. The van der Waals surface area contributed by atoms with Gasteiger partial charge in [-0.25, -0.2) is 8.42 Å². The molecule has 1 atom stereocenters. The third kappa shape index (κ3) is 6.47. The maximum absolute atomic E-state index is 12.4. The standard InChI is InChI=1S/C22H29ClN2O3S/c1-15-12-17(3)21(13-16(15)2)18(4)24-22(26)10-7-11-25(29(5,27)28)20-9-6-8-19(23)14-20/h6,8-9,12-14,18H,7,10-11H2,1-5H3,(H,24,26)/t18-/m0/s1. The molecule has 1 amide bonds. The van der Waals surface area contributed by atoms with E-state index >= 15 is 0 Å². The second kappa shape index (κ2) is 9.63. The zero-order chi connectivity index (χ0) is 21.8. The Morgan fingerprint density at radius 2 is 1.76 bits per heavy atom. The molecule has 2 rings (SSSR count). The molecule has 0 spiro atoms. The van der Waals surface area contributed by atoms with Crippen LogP contribution in [0, 0.1) is 20.8 Å². The second-order valence-electron chi connectivity index (χ2n) is 7.50. The van der Waals surface area contributed by atoms with E-state index in [1.165, 1.54) is 15.4 Å². The number of hydrogen-bond acceptors (Lipinski definition) is 3. The van der Waals surface area contributed by atoms with Crippen LogP contribution in [0.25, 0.3) is 0 Å². The van der Waals surface area contributed by atoms with Crippen LogP contribution in [0.3, 0.4) is 0 Å². The minimum atomic E-state index is -3.47. The number of carbonyl (C=O) groups excluding carboxylic acids is 1. The van der Waals surface area contributed by atoms with Crippen LogP contribution in [-0.2, 0) is 14.8 Å². The second-order valence-corrected chi connectivity index (χ2v) is 9.84. The van der Waals surface area contributed by atoms with E-state index in [1.807, 2.05) is 13.8 Å². The van der Waals surface area contributed by atoms with E-state index in [-0.39, 0.29) is 24.9 Å². The molecule has 0 aliphatic rings. The third-order valence-electron chi connectivity index (χ3n) is 4.99. The average Bonchev–Trinajstić information content (AvgIpc) is 2.60. The van der Waals surface area contributed by atoms with Gasteiger partial charge in [-0.2, -0.15) is 0 Å². The van der Waals surface area contributed by atoms with E-state index in [0.29, 0.717) is 17.1 Å². The van der Waals surface area contributed by atoms with Gasteiger partial charge in [-0.05, 0) is 74.6 Å². The molecule has 0 radical (unpaired) electrons. The number of anilines is 1. The first-order valence-electron chi connectivity index (χ1n) is 9.59. The molecule has 0 unspecified atom stereocenters. The highest BCUT2D eigenvalue weighted by atomic mass is 35.5. The molecule has 0 fully saturated rings. The largest absolute Gasteiger partial charge is 0.350 e. The van der Waals surface area contributed by atoms with Crippen molar-refractivity contribution in [3.05, 3.63) is 63.7 Å². The lowest BCUT2D eigenvalue weighted by Gasteiger charge is -2.23. The molecule has 29 heavy (non-hydrogen) atoms. The molecule has 5 nitrogen and oxygen atoms in total. The molecule has 0 heterocycles. The lowest BCUT2D eigenvalue weighted by atomic mass is 9.96. The Kier molecular flexibility index (Phi) is 7.72. The van der Waals surface area contributed by atoms with Gasteiger partial charge in [0.15, 0.2) is 0 Å². The summed E-state index contributed by atoms with van der Waals surface area (Å²) in [6, 6.07) is 10.8. The highest BCUT2D eigenvalue weighted by Crippen LogP contribution is 2.23. The summed E-state index contributed by atoms with van der Waals surface area (Å²) < 4.78 is 25.6. The van der Waals surface area contributed by atoms with E-state index in [2.05, 4.69) is 31.3 Å². The van der Waals surface area contributed by atoms with Gasteiger partial charge in [0.2, 0.25) is 15.9 Å². The predicted molar refractivity (Wildman–Crippen MR) is 120 cm³/mol. The molecular weight excluding hydrogens is 408 g/mol. The van der Waals surface area contributed by atoms with Gasteiger partial charge in [0.05, 0.1) is 18.0 Å². The van der Waals surface area contributed by atoms with Crippen LogP contribution >= 0.6 is 11.6 Å².